The predicted octanol–water partition coefficient (Wildman–Crippen LogP) is 1.96. The highest BCUT2D eigenvalue weighted by molar-refractivity contribution is 5.95. The summed E-state index contributed by atoms with van der Waals surface area (Å²) >= 11 is 0. The van der Waals surface area contributed by atoms with Crippen molar-refractivity contribution in [3.05, 3.63) is 24.3 Å². The van der Waals surface area contributed by atoms with Crippen LogP contribution in [0.4, 0.5) is 0 Å². The highest BCUT2D eigenvalue weighted by atomic mass is 16.6. The molecule has 0 spiro atoms. The molecule has 6 nitrogen and oxygen atoms in total. The van der Waals surface area contributed by atoms with Crippen molar-refractivity contribution in [3.63, 3.8) is 0 Å². The van der Waals surface area contributed by atoms with E-state index in [4.69, 9.17) is 4.74 Å². The molecule has 0 fully saturated rings. The van der Waals surface area contributed by atoms with E-state index in [1.807, 2.05) is 20.8 Å². The molecule has 1 amide bonds. The summed E-state index contributed by atoms with van der Waals surface area (Å²) in [5.74, 6) is -0.916. The number of carbonyl (C=O) groups is 2. The van der Waals surface area contributed by atoms with Crippen LogP contribution in [0.1, 0.15) is 52.0 Å². The highest BCUT2D eigenvalue weighted by Crippen LogP contribution is 2.22. The summed E-state index contributed by atoms with van der Waals surface area (Å²) in [6.07, 6.45) is 4.25. The van der Waals surface area contributed by atoms with E-state index in [1.54, 1.807) is 20.8 Å². The summed E-state index contributed by atoms with van der Waals surface area (Å²) in [6.45, 7) is 10.9. The lowest BCUT2D eigenvalue weighted by Crippen LogP contribution is -2.51. The van der Waals surface area contributed by atoms with Gasteiger partial charge in [0.2, 0.25) is 0 Å². The number of amides is 1. The minimum Gasteiger partial charge on any atom is -0.458 e. The molecule has 0 aromatic carbocycles. The van der Waals surface area contributed by atoms with Crippen LogP contribution in [0, 0.1) is 5.41 Å². The van der Waals surface area contributed by atoms with Gasteiger partial charge in [-0.1, -0.05) is 20.8 Å². The van der Waals surface area contributed by atoms with E-state index in [0.29, 0.717) is 0 Å². The van der Waals surface area contributed by atoms with Crippen LogP contribution in [-0.4, -0.2) is 33.5 Å². The van der Waals surface area contributed by atoms with Crippen LogP contribution in [0.15, 0.2) is 18.6 Å². The van der Waals surface area contributed by atoms with Gasteiger partial charge in [0.1, 0.15) is 17.3 Å². The van der Waals surface area contributed by atoms with Gasteiger partial charge in [-0.2, -0.15) is 0 Å². The molecular weight excluding hydrogens is 270 g/mol. The standard InChI is InChI=1S/C15H23N3O3/c1-14(2,3)11(13(20)21-15(4,5)6)18-12(19)10-9-16-7-8-17-10/h7-9,11H,1-6H3,(H,18,19)/t11-/m1/s1. The number of esters is 1. The van der Waals surface area contributed by atoms with Crippen LogP contribution in [0.2, 0.25) is 0 Å². The lowest BCUT2D eigenvalue weighted by atomic mass is 9.86. The zero-order chi connectivity index (χ0) is 16.3. The first kappa shape index (κ1) is 17.1. The van der Waals surface area contributed by atoms with Crippen molar-refractivity contribution in [1.29, 1.82) is 0 Å². The van der Waals surface area contributed by atoms with E-state index in [9.17, 15) is 9.59 Å². The molecule has 0 aliphatic heterocycles. The van der Waals surface area contributed by atoms with E-state index in [0.717, 1.165) is 0 Å². The molecule has 0 unspecified atom stereocenters. The monoisotopic (exact) mass is 293 g/mol. The summed E-state index contributed by atoms with van der Waals surface area (Å²) in [4.78, 5) is 32.2. The fourth-order valence-corrected chi connectivity index (χ4v) is 1.61. The zero-order valence-electron chi connectivity index (χ0n) is 13.4. The van der Waals surface area contributed by atoms with Gasteiger partial charge < -0.3 is 10.1 Å². The average Bonchev–Trinajstić information content (AvgIpc) is 2.33. The van der Waals surface area contributed by atoms with Crippen LogP contribution < -0.4 is 5.32 Å². The van der Waals surface area contributed by atoms with Crippen molar-refractivity contribution in [2.75, 3.05) is 0 Å². The van der Waals surface area contributed by atoms with Crippen LogP contribution in [-0.2, 0) is 9.53 Å². The van der Waals surface area contributed by atoms with Crippen molar-refractivity contribution < 1.29 is 14.3 Å². The smallest absolute Gasteiger partial charge is 0.329 e. The van der Waals surface area contributed by atoms with E-state index < -0.39 is 28.9 Å². The first-order valence-electron chi connectivity index (χ1n) is 6.80. The predicted molar refractivity (Wildman–Crippen MR) is 78.6 cm³/mol. The van der Waals surface area contributed by atoms with Crippen LogP contribution in [0.3, 0.4) is 0 Å². The van der Waals surface area contributed by atoms with Crippen molar-refractivity contribution >= 4 is 11.9 Å². The van der Waals surface area contributed by atoms with Gasteiger partial charge >= 0.3 is 5.97 Å². The van der Waals surface area contributed by atoms with E-state index >= 15 is 0 Å². The fourth-order valence-electron chi connectivity index (χ4n) is 1.61. The molecule has 0 aliphatic rings. The Labute approximate surface area is 125 Å². The number of nitrogens with zero attached hydrogens (tertiary/aromatic N) is 2. The molecule has 1 rings (SSSR count). The van der Waals surface area contributed by atoms with E-state index in [1.165, 1.54) is 18.6 Å². The largest absolute Gasteiger partial charge is 0.458 e. The molecule has 1 aromatic heterocycles. The molecule has 0 saturated carbocycles. The minimum atomic E-state index is -0.772. The Balaban J connectivity index is 2.90. The normalized spacial score (nSPS) is 13.4. The van der Waals surface area contributed by atoms with Crippen LogP contribution >= 0.6 is 0 Å². The fraction of sp³-hybridized carbons (Fsp3) is 0.600. The molecule has 1 heterocycles. The molecule has 0 radical (unpaired) electrons. The molecule has 0 bridgehead atoms. The Bertz CT molecular complexity index is 501. The molecule has 1 atom stereocenters. The Hall–Kier alpha value is -1.98. The van der Waals surface area contributed by atoms with Crippen molar-refractivity contribution in [2.24, 2.45) is 5.41 Å². The first-order valence-corrected chi connectivity index (χ1v) is 6.80. The summed E-state index contributed by atoms with van der Waals surface area (Å²) in [7, 11) is 0. The van der Waals surface area contributed by atoms with Gasteiger partial charge in [0.15, 0.2) is 0 Å². The van der Waals surface area contributed by atoms with E-state index in [-0.39, 0.29) is 5.69 Å². The minimum absolute atomic E-state index is 0.162. The Morgan fingerprint density at radius 1 is 1.14 bits per heavy atom. The van der Waals surface area contributed by atoms with Gasteiger partial charge in [0.25, 0.3) is 5.91 Å². The van der Waals surface area contributed by atoms with Gasteiger partial charge in [-0.05, 0) is 26.2 Å². The van der Waals surface area contributed by atoms with Gasteiger partial charge in [-0.15, -0.1) is 0 Å². The number of rotatable bonds is 3. The maximum atomic E-state index is 12.3. The molecule has 1 N–H and O–H groups in total. The molecule has 1 aromatic rings. The average molecular weight is 293 g/mol. The van der Waals surface area contributed by atoms with E-state index in [2.05, 4.69) is 15.3 Å². The van der Waals surface area contributed by atoms with Gasteiger partial charge in [-0.3, -0.25) is 9.78 Å². The molecule has 0 saturated heterocycles. The van der Waals surface area contributed by atoms with Crippen molar-refractivity contribution in [1.82, 2.24) is 15.3 Å². The van der Waals surface area contributed by atoms with Crippen molar-refractivity contribution in [2.45, 2.75) is 53.2 Å². The molecular formula is C15H23N3O3. The second kappa shape index (κ2) is 6.20. The lowest BCUT2D eigenvalue weighted by Gasteiger charge is -2.32. The number of carbonyl (C=O) groups excluding carboxylic acids is 2. The molecule has 0 aliphatic carbocycles. The third-order valence-electron chi connectivity index (χ3n) is 2.58. The quantitative estimate of drug-likeness (QED) is 0.862. The number of hydrogen-bond acceptors (Lipinski definition) is 5. The first-order chi connectivity index (χ1) is 9.50. The van der Waals surface area contributed by atoms with Gasteiger partial charge in [0, 0.05) is 12.4 Å². The summed E-state index contributed by atoms with van der Waals surface area (Å²) in [6, 6.07) is -0.772. The summed E-state index contributed by atoms with van der Waals surface area (Å²) in [5, 5.41) is 2.68. The van der Waals surface area contributed by atoms with Gasteiger partial charge in [-0.25, -0.2) is 9.78 Å². The van der Waals surface area contributed by atoms with Crippen LogP contribution in [0.5, 0.6) is 0 Å². The van der Waals surface area contributed by atoms with Crippen molar-refractivity contribution in [3.8, 4) is 0 Å². The van der Waals surface area contributed by atoms with Gasteiger partial charge in [0.05, 0.1) is 6.20 Å². The Morgan fingerprint density at radius 2 is 1.76 bits per heavy atom. The number of aromatic nitrogens is 2. The topological polar surface area (TPSA) is 81.2 Å². The molecule has 6 heteroatoms. The second-order valence-electron chi connectivity index (χ2n) is 6.90. The Kier molecular flexibility index (Phi) is 5.04. The summed E-state index contributed by atoms with van der Waals surface area (Å²) < 4.78 is 5.37. The second-order valence-corrected chi connectivity index (χ2v) is 6.90. The number of nitrogens with one attached hydrogen (secondary N) is 1. The highest BCUT2D eigenvalue weighted by Gasteiger charge is 2.36. The maximum Gasteiger partial charge on any atom is 0.329 e. The third-order valence-corrected chi connectivity index (χ3v) is 2.58. The zero-order valence-corrected chi connectivity index (χ0v) is 13.4. The SMILES string of the molecule is CC(C)(C)OC(=O)[C@@H](NC(=O)c1cnccn1)C(C)(C)C. The Morgan fingerprint density at radius 3 is 2.19 bits per heavy atom. The molecule has 21 heavy (non-hydrogen) atoms. The van der Waals surface area contributed by atoms with Crippen LogP contribution in [0.25, 0.3) is 0 Å². The molecule has 116 valence electrons. The third kappa shape index (κ3) is 5.49. The summed E-state index contributed by atoms with van der Waals surface area (Å²) in [5.41, 5.74) is -0.937. The lowest BCUT2D eigenvalue weighted by molar-refractivity contribution is -0.160. The maximum absolute atomic E-state index is 12.3. The number of hydrogen-bond donors (Lipinski definition) is 1. The number of ether oxygens (including phenoxy) is 1.